The van der Waals surface area contributed by atoms with Gasteiger partial charge in [-0.25, -0.2) is 4.79 Å². The summed E-state index contributed by atoms with van der Waals surface area (Å²) in [5.74, 6) is -5.29. The molecule has 0 saturated heterocycles. The van der Waals surface area contributed by atoms with Crippen LogP contribution in [0.1, 0.15) is 6.92 Å². The third-order valence-corrected chi connectivity index (χ3v) is 4.54. The van der Waals surface area contributed by atoms with Crippen molar-refractivity contribution in [2.24, 2.45) is 11.5 Å². The Bertz CT molecular complexity index is 402. The van der Waals surface area contributed by atoms with E-state index < -0.39 is 35.1 Å². The van der Waals surface area contributed by atoms with Gasteiger partial charge in [-0.3, -0.25) is 14.4 Å². The van der Waals surface area contributed by atoms with Crippen LogP contribution in [0.5, 0.6) is 0 Å². The smallest absolute Gasteiger partial charge is 0.332 e. The van der Waals surface area contributed by atoms with Crippen molar-refractivity contribution in [1.29, 1.82) is 0 Å². The lowest BCUT2D eigenvalue weighted by molar-refractivity contribution is -0.150. The van der Waals surface area contributed by atoms with Crippen LogP contribution < -0.4 is 11.5 Å². The molecule has 6 N–H and O–H groups in total. The van der Waals surface area contributed by atoms with E-state index in [2.05, 4.69) is 0 Å². The molecule has 108 valence electrons. The van der Waals surface area contributed by atoms with E-state index in [4.69, 9.17) is 21.7 Å². The molecule has 2 atom stereocenters. The average Bonchev–Trinajstić information content (AvgIpc) is 2.32. The Kier molecular flexibility index (Phi) is 7.05. The minimum atomic E-state index is -2.31. The van der Waals surface area contributed by atoms with Crippen LogP contribution in [-0.2, 0) is 19.2 Å². The molecule has 0 aliphatic heterocycles. The molecule has 0 aliphatic rings. The maximum atomic E-state index is 11.4. The molecule has 2 unspecified atom stereocenters. The second-order valence-corrected chi connectivity index (χ2v) is 6.16. The zero-order valence-corrected chi connectivity index (χ0v) is 11.6. The highest BCUT2D eigenvalue weighted by Gasteiger charge is 2.44. The number of carbonyl (C=O) groups excluding carboxylic acids is 2. The van der Waals surface area contributed by atoms with E-state index in [1.54, 1.807) is 0 Å². The van der Waals surface area contributed by atoms with Crippen LogP contribution in [0.15, 0.2) is 0 Å². The molecule has 0 saturated carbocycles. The number of rotatable bonds is 9. The third kappa shape index (κ3) is 5.19. The van der Waals surface area contributed by atoms with E-state index in [-0.39, 0.29) is 11.5 Å². The number of ketones is 2. The second-order valence-electron chi connectivity index (χ2n) is 3.65. The van der Waals surface area contributed by atoms with Crippen LogP contribution in [0.3, 0.4) is 0 Å². The maximum absolute atomic E-state index is 11.4. The summed E-state index contributed by atoms with van der Waals surface area (Å²) in [5.41, 5.74) is 8.33. The topological polar surface area (TPSA) is 161 Å². The lowest BCUT2D eigenvalue weighted by Gasteiger charge is -2.21. The summed E-state index contributed by atoms with van der Waals surface area (Å²) in [5, 5.41) is 17.4. The summed E-state index contributed by atoms with van der Waals surface area (Å²) >= 11 is 0. The fourth-order valence-corrected chi connectivity index (χ4v) is 3.31. The van der Waals surface area contributed by atoms with Gasteiger partial charge in [0, 0.05) is 18.4 Å². The summed E-state index contributed by atoms with van der Waals surface area (Å²) in [6.45, 7) is 0.936. The highest BCUT2D eigenvalue weighted by atomic mass is 33.1. The van der Waals surface area contributed by atoms with Crippen molar-refractivity contribution in [3.8, 4) is 0 Å². The highest BCUT2D eigenvalue weighted by Crippen LogP contribution is 2.26. The van der Waals surface area contributed by atoms with Gasteiger partial charge in [0.25, 0.3) is 0 Å². The van der Waals surface area contributed by atoms with Gasteiger partial charge < -0.3 is 21.7 Å². The number of nitrogens with two attached hydrogens (primary N) is 2. The van der Waals surface area contributed by atoms with Gasteiger partial charge in [0.1, 0.15) is 6.04 Å². The molecule has 0 aromatic heterocycles. The first-order valence-electron chi connectivity index (χ1n) is 4.93. The Balaban J connectivity index is 4.47. The summed E-state index contributed by atoms with van der Waals surface area (Å²) in [6.07, 6.45) is 0. The Morgan fingerprint density at radius 2 is 1.74 bits per heavy atom. The molecule has 19 heavy (non-hydrogen) atoms. The van der Waals surface area contributed by atoms with Crippen LogP contribution >= 0.6 is 21.6 Å². The molecule has 0 amide bonds. The Morgan fingerprint density at radius 1 is 1.21 bits per heavy atom. The second kappa shape index (κ2) is 7.48. The molecule has 0 bridgehead atoms. The first-order chi connectivity index (χ1) is 8.62. The lowest BCUT2D eigenvalue weighted by Crippen LogP contribution is -2.59. The van der Waals surface area contributed by atoms with E-state index in [1.807, 2.05) is 0 Å². The van der Waals surface area contributed by atoms with Gasteiger partial charge in [0.15, 0.2) is 11.3 Å². The number of hydrogen-bond acceptors (Lipinski definition) is 8. The molecule has 8 nitrogen and oxygen atoms in total. The number of hydrogen-bond donors (Lipinski definition) is 4. The van der Waals surface area contributed by atoms with Crippen molar-refractivity contribution in [1.82, 2.24) is 0 Å². The monoisotopic (exact) mass is 310 g/mol. The molecule has 10 heteroatoms. The van der Waals surface area contributed by atoms with Crippen LogP contribution in [0.25, 0.3) is 0 Å². The zero-order valence-electron chi connectivity index (χ0n) is 9.99. The molecule has 0 rings (SSSR count). The number of carbonyl (C=O) groups is 4. The first-order valence-corrected chi connectivity index (χ1v) is 7.42. The van der Waals surface area contributed by atoms with Crippen LogP contribution in [0.2, 0.25) is 0 Å². The normalized spacial score (nSPS) is 15.3. The van der Waals surface area contributed by atoms with Crippen molar-refractivity contribution < 1.29 is 29.4 Å². The first kappa shape index (κ1) is 17.9. The predicted molar refractivity (Wildman–Crippen MR) is 70.8 cm³/mol. The van der Waals surface area contributed by atoms with Gasteiger partial charge in [-0.1, -0.05) is 21.6 Å². The SMILES string of the molecule is CC(=O)C(=O)C(N)(CSSCC(N)C(=O)O)C(=O)O. The van der Waals surface area contributed by atoms with E-state index in [9.17, 15) is 19.2 Å². The van der Waals surface area contributed by atoms with Crippen molar-refractivity contribution in [2.45, 2.75) is 18.5 Å². The van der Waals surface area contributed by atoms with Gasteiger partial charge in [0.2, 0.25) is 5.78 Å². The van der Waals surface area contributed by atoms with Gasteiger partial charge in [-0.15, -0.1) is 0 Å². The summed E-state index contributed by atoms with van der Waals surface area (Å²) in [4.78, 5) is 43.8. The maximum Gasteiger partial charge on any atom is 0.332 e. The molecule has 0 aromatic rings. The van der Waals surface area contributed by atoms with Crippen molar-refractivity contribution >= 4 is 45.1 Å². The molecule has 0 aromatic carbocycles. The highest BCUT2D eigenvalue weighted by molar-refractivity contribution is 8.76. The summed E-state index contributed by atoms with van der Waals surface area (Å²) in [7, 11) is 1.84. The van der Waals surface area contributed by atoms with E-state index in [0.29, 0.717) is 0 Å². The molecule has 0 spiro atoms. The fraction of sp³-hybridized carbons (Fsp3) is 0.556. The fourth-order valence-electron chi connectivity index (χ4n) is 0.866. The largest absolute Gasteiger partial charge is 0.480 e. The van der Waals surface area contributed by atoms with Crippen LogP contribution in [0.4, 0.5) is 0 Å². The molecule has 0 heterocycles. The van der Waals surface area contributed by atoms with Crippen LogP contribution in [0, 0.1) is 0 Å². The molecule has 0 aliphatic carbocycles. The van der Waals surface area contributed by atoms with Gasteiger partial charge in [0.05, 0.1) is 0 Å². The summed E-state index contributed by atoms with van der Waals surface area (Å²) < 4.78 is 0. The number of carboxylic acids is 2. The van der Waals surface area contributed by atoms with Crippen molar-refractivity contribution in [2.75, 3.05) is 11.5 Å². The number of Topliss-reactive ketones (excluding diaryl/α,β-unsaturated/α-hetero) is 2. The Morgan fingerprint density at radius 3 is 2.11 bits per heavy atom. The lowest BCUT2D eigenvalue weighted by atomic mass is 9.95. The Hall–Kier alpha value is -1.10. The predicted octanol–water partition coefficient (Wildman–Crippen LogP) is -1.28. The summed E-state index contributed by atoms with van der Waals surface area (Å²) in [6, 6.07) is -1.10. The number of carboxylic acid groups (broad SMARTS) is 2. The minimum Gasteiger partial charge on any atom is -0.480 e. The van der Waals surface area contributed by atoms with Gasteiger partial charge >= 0.3 is 11.9 Å². The van der Waals surface area contributed by atoms with Gasteiger partial charge in [-0.05, 0) is 0 Å². The van der Waals surface area contributed by atoms with E-state index in [0.717, 1.165) is 28.5 Å². The molecule has 0 radical (unpaired) electrons. The molecular formula is C9H14N2O6S2. The Labute approximate surface area is 116 Å². The third-order valence-electron chi connectivity index (χ3n) is 2.04. The standard InChI is InChI=1S/C9H14N2O6S2/c1-4(12)6(13)9(11,8(16)17)3-19-18-2-5(10)7(14)15/h5H,2-3,10-11H2,1H3,(H,14,15)(H,16,17). The minimum absolute atomic E-state index is 0.0178. The zero-order chi connectivity index (χ0) is 15.2. The van der Waals surface area contributed by atoms with E-state index in [1.165, 1.54) is 0 Å². The quantitative estimate of drug-likeness (QED) is 0.175. The molecule has 0 fully saturated rings. The van der Waals surface area contributed by atoms with E-state index >= 15 is 0 Å². The van der Waals surface area contributed by atoms with Gasteiger partial charge in [-0.2, -0.15) is 0 Å². The molecular weight excluding hydrogens is 296 g/mol. The number of aliphatic carboxylic acids is 2. The van der Waals surface area contributed by atoms with Crippen LogP contribution in [-0.4, -0.2) is 56.8 Å². The van der Waals surface area contributed by atoms with Crippen molar-refractivity contribution in [3.05, 3.63) is 0 Å². The van der Waals surface area contributed by atoms with Crippen molar-refractivity contribution in [3.63, 3.8) is 0 Å². The average molecular weight is 310 g/mol.